The molecule has 1 heterocycles. The smallest absolute Gasteiger partial charge is 0.261 e. The van der Waals surface area contributed by atoms with E-state index in [2.05, 4.69) is 35.8 Å². The Morgan fingerprint density at radius 2 is 2.17 bits per heavy atom. The lowest BCUT2D eigenvalue weighted by Gasteiger charge is -2.05. The maximum Gasteiger partial charge on any atom is 0.267 e. The van der Waals surface area contributed by atoms with E-state index in [0.29, 0.717) is 10.3 Å². The zero-order valence-electron chi connectivity index (χ0n) is 9.11. The third kappa shape index (κ3) is 2.67. The molecule has 0 bridgehead atoms. The van der Waals surface area contributed by atoms with E-state index in [0.717, 1.165) is 12.1 Å². The van der Waals surface area contributed by atoms with Gasteiger partial charge in [0.1, 0.15) is 16.5 Å². The van der Waals surface area contributed by atoms with Gasteiger partial charge in [0.2, 0.25) is 0 Å². The Morgan fingerprint density at radius 3 is 2.72 bits per heavy atom. The van der Waals surface area contributed by atoms with Crippen LogP contribution in [0.5, 0.6) is 0 Å². The normalized spacial score (nSPS) is 11.5. The third-order valence-electron chi connectivity index (χ3n) is 2.01. The van der Waals surface area contributed by atoms with Gasteiger partial charge in [-0.05, 0) is 25.1 Å². The lowest BCUT2D eigenvalue weighted by atomic mass is 10.3. The Labute approximate surface area is 111 Å². The molecule has 0 saturated heterocycles. The number of aromatic amines is 1. The molecule has 0 spiro atoms. The van der Waals surface area contributed by atoms with Crippen molar-refractivity contribution in [3.63, 3.8) is 0 Å². The molecule has 0 radical (unpaired) electrons. The summed E-state index contributed by atoms with van der Waals surface area (Å²) in [6, 6.07) is 3.65. The number of anilines is 1. The first-order valence-electron chi connectivity index (χ1n) is 4.75. The Morgan fingerprint density at radius 1 is 1.44 bits per heavy atom. The first-order valence-corrected chi connectivity index (χ1v) is 7.03. The molecule has 0 saturated carbocycles. The van der Waals surface area contributed by atoms with E-state index in [1.807, 2.05) is 0 Å². The van der Waals surface area contributed by atoms with Gasteiger partial charge in [0, 0.05) is 4.47 Å². The average molecular weight is 335 g/mol. The van der Waals surface area contributed by atoms with Crippen LogP contribution in [0.15, 0.2) is 27.6 Å². The molecule has 2 N–H and O–H groups in total. The highest BCUT2D eigenvalue weighted by atomic mass is 79.9. The number of rotatable bonds is 3. The molecule has 0 atom stereocenters. The third-order valence-corrected chi connectivity index (χ3v) is 3.86. The molecule has 2 aromatic rings. The van der Waals surface area contributed by atoms with Crippen molar-refractivity contribution in [2.24, 2.45) is 0 Å². The molecular weight excluding hydrogens is 327 g/mol. The summed E-state index contributed by atoms with van der Waals surface area (Å²) in [5, 5.41) is 6.09. The van der Waals surface area contributed by atoms with Gasteiger partial charge in [-0.1, -0.05) is 15.9 Å². The number of halogens is 2. The monoisotopic (exact) mass is 334 g/mol. The molecule has 2 rings (SSSR count). The van der Waals surface area contributed by atoms with Crippen LogP contribution < -0.4 is 4.72 Å². The Bertz CT molecular complexity index is 686. The molecule has 0 amide bonds. The van der Waals surface area contributed by atoms with Crippen LogP contribution in [0.3, 0.4) is 0 Å². The van der Waals surface area contributed by atoms with Crippen molar-refractivity contribution in [3.05, 3.63) is 34.3 Å². The maximum atomic E-state index is 13.6. The molecule has 0 unspecified atom stereocenters. The highest BCUT2D eigenvalue weighted by molar-refractivity contribution is 9.10. The van der Waals surface area contributed by atoms with Crippen molar-refractivity contribution in [2.75, 3.05) is 4.72 Å². The van der Waals surface area contributed by atoms with E-state index in [4.69, 9.17) is 0 Å². The van der Waals surface area contributed by atoms with Crippen LogP contribution in [-0.2, 0) is 10.0 Å². The summed E-state index contributed by atoms with van der Waals surface area (Å²) >= 11 is 3.05. The fourth-order valence-corrected chi connectivity index (χ4v) is 2.59. The van der Waals surface area contributed by atoms with Crippen LogP contribution in [0.4, 0.5) is 10.3 Å². The summed E-state index contributed by atoms with van der Waals surface area (Å²) in [7, 11) is -4.04. The number of aryl methyl sites for hydroxylation is 1. The van der Waals surface area contributed by atoms with E-state index < -0.39 is 20.7 Å². The van der Waals surface area contributed by atoms with Gasteiger partial charge in [-0.3, -0.25) is 5.10 Å². The van der Waals surface area contributed by atoms with Crippen LogP contribution in [0.2, 0.25) is 0 Å². The second kappa shape index (κ2) is 4.65. The number of benzene rings is 1. The molecule has 1 aromatic carbocycles. The van der Waals surface area contributed by atoms with Crippen molar-refractivity contribution in [1.82, 2.24) is 15.2 Å². The lowest BCUT2D eigenvalue weighted by Crippen LogP contribution is -2.15. The quantitative estimate of drug-likeness (QED) is 0.896. The van der Waals surface area contributed by atoms with Crippen LogP contribution >= 0.6 is 15.9 Å². The van der Waals surface area contributed by atoms with E-state index in [-0.39, 0.29) is 5.95 Å². The highest BCUT2D eigenvalue weighted by Crippen LogP contribution is 2.20. The molecule has 9 heteroatoms. The average Bonchev–Trinajstić information content (AvgIpc) is 2.62. The van der Waals surface area contributed by atoms with Crippen LogP contribution in [0, 0.1) is 12.7 Å². The molecule has 1 aromatic heterocycles. The molecular formula is C9H8BrFN4O2S. The summed E-state index contributed by atoms with van der Waals surface area (Å²) in [6.07, 6.45) is 0. The van der Waals surface area contributed by atoms with Gasteiger partial charge in [-0.15, -0.1) is 5.10 Å². The van der Waals surface area contributed by atoms with Crippen molar-refractivity contribution >= 4 is 31.9 Å². The van der Waals surface area contributed by atoms with Crippen molar-refractivity contribution in [3.8, 4) is 0 Å². The predicted octanol–water partition coefficient (Wildman–Crippen LogP) is 1.82. The fourth-order valence-electron chi connectivity index (χ4n) is 1.26. The maximum absolute atomic E-state index is 13.6. The summed E-state index contributed by atoms with van der Waals surface area (Å²) in [5.41, 5.74) is 0. The van der Waals surface area contributed by atoms with Crippen molar-refractivity contribution in [1.29, 1.82) is 0 Å². The fraction of sp³-hybridized carbons (Fsp3) is 0.111. The van der Waals surface area contributed by atoms with Gasteiger partial charge >= 0.3 is 0 Å². The minimum absolute atomic E-state index is 0.130. The largest absolute Gasteiger partial charge is 0.267 e. The van der Waals surface area contributed by atoms with Gasteiger partial charge in [0.15, 0.2) is 0 Å². The minimum atomic E-state index is -4.04. The van der Waals surface area contributed by atoms with Gasteiger partial charge < -0.3 is 0 Å². The van der Waals surface area contributed by atoms with Gasteiger partial charge in [-0.25, -0.2) is 17.5 Å². The lowest BCUT2D eigenvalue weighted by molar-refractivity contribution is 0.569. The molecule has 6 nitrogen and oxygen atoms in total. The zero-order valence-corrected chi connectivity index (χ0v) is 11.5. The van der Waals surface area contributed by atoms with Crippen LogP contribution in [0.1, 0.15) is 5.82 Å². The topological polar surface area (TPSA) is 87.7 Å². The van der Waals surface area contributed by atoms with Crippen LogP contribution in [0.25, 0.3) is 0 Å². The van der Waals surface area contributed by atoms with E-state index >= 15 is 0 Å². The number of H-pyrrole nitrogens is 1. The van der Waals surface area contributed by atoms with Gasteiger partial charge in [0.05, 0.1) is 0 Å². The Balaban J connectivity index is 2.36. The first-order chi connectivity index (χ1) is 8.38. The SMILES string of the molecule is Cc1nc(NS(=O)(=O)c2ccc(Br)cc2F)n[nH]1. The number of nitrogens with zero attached hydrogens (tertiary/aromatic N) is 2. The second-order valence-corrected chi connectivity index (χ2v) is 5.99. The summed E-state index contributed by atoms with van der Waals surface area (Å²) in [6.45, 7) is 1.62. The standard InChI is InChI=1S/C9H8BrFN4O2S/c1-5-12-9(14-13-5)15-18(16,17)8-3-2-6(10)4-7(8)11/h2-4H,1H3,(H2,12,13,14,15). The second-order valence-electron chi connectivity index (χ2n) is 3.42. The van der Waals surface area contributed by atoms with E-state index in [9.17, 15) is 12.8 Å². The number of aromatic nitrogens is 3. The van der Waals surface area contributed by atoms with Gasteiger partial charge in [0.25, 0.3) is 16.0 Å². The molecule has 0 fully saturated rings. The molecule has 18 heavy (non-hydrogen) atoms. The summed E-state index contributed by atoms with van der Waals surface area (Å²) in [4.78, 5) is 3.32. The number of hydrogen-bond acceptors (Lipinski definition) is 4. The van der Waals surface area contributed by atoms with E-state index in [1.54, 1.807) is 6.92 Å². The molecule has 96 valence electrons. The van der Waals surface area contributed by atoms with E-state index in [1.165, 1.54) is 6.07 Å². The van der Waals surface area contributed by atoms with Crippen molar-refractivity contribution < 1.29 is 12.8 Å². The number of nitrogens with one attached hydrogen (secondary N) is 2. The Hall–Kier alpha value is -1.48. The van der Waals surface area contributed by atoms with Crippen molar-refractivity contribution in [2.45, 2.75) is 11.8 Å². The van der Waals surface area contributed by atoms with Crippen LogP contribution in [-0.4, -0.2) is 23.6 Å². The zero-order chi connectivity index (χ0) is 13.3. The highest BCUT2D eigenvalue weighted by Gasteiger charge is 2.20. The first kappa shape index (κ1) is 13.0. The number of hydrogen-bond donors (Lipinski definition) is 2. The minimum Gasteiger partial charge on any atom is -0.261 e. The molecule has 0 aliphatic carbocycles. The predicted molar refractivity (Wildman–Crippen MR) is 66.0 cm³/mol. The Kier molecular flexibility index (Phi) is 3.35. The summed E-state index contributed by atoms with van der Waals surface area (Å²) < 4.78 is 39.9. The molecule has 0 aliphatic heterocycles. The van der Waals surface area contributed by atoms with Gasteiger partial charge in [-0.2, -0.15) is 4.98 Å². The summed E-state index contributed by atoms with van der Waals surface area (Å²) in [5.74, 6) is -0.539. The number of sulfonamides is 1. The molecule has 0 aliphatic rings.